The van der Waals surface area contributed by atoms with Crippen LogP contribution in [0.15, 0.2) is 52.9 Å². The Morgan fingerprint density at radius 3 is 2.45 bits per heavy atom. The first-order chi connectivity index (χ1) is 15.8. The SMILES string of the molecule is O=C(Nc1nnc(S(=O)(=O)Nc2ccccc2C(=O)N2CCOCC2)s1)c1ccc(Cl)cc1. The normalized spacial score (nSPS) is 14.0. The molecule has 2 N–H and O–H groups in total. The van der Waals surface area contributed by atoms with Gasteiger partial charge in [-0.2, -0.15) is 8.42 Å². The predicted molar refractivity (Wildman–Crippen MR) is 123 cm³/mol. The van der Waals surface area contributed by atoms with Gasteiger partial charge in [0.2, 0.25) is 5.13 Å². The molecular weight excluding hydrogens is 490 g/mol. The van der Waals surface area contributed by atoms with Crippen molar-refractivity contribution in [2.45, 2.75) is 4.34 Å². The average Bonchev–Trinajstić information content (AvgIpc) is 3.29. The van der Waals surface area contributed by atoms with Crippen molar-refractivity contribution in [2.75, 3.05) is 36.3 Å². The molecule has 2 amide bonds. The predicted octanol–water partition coefficient (Wildman–Crippen LogP) is 2.72. The number of hydrogen-bond donors (Lipinski definition) is 2. The van der Waals surface area contributed by atoms with Crippen LogP contribution in [0, 0.1) is 0 Å². The second-order valence-electron chi connectivity index (χ2n) is 6.89. The third kappa shape index (κ3) is 5.47. The highest BCUT2D eigenvalue weighted by atomic mass is 35.5. The minimum Gasteiger partial charge on any atom is -0.378 e. The first-order valence-electron chi connectivity index (χ1n) is 9.73. The lowest BCUT2D eigenvalue weighted by Crippen LogP contribution is -2.41. The second kappa shape index (κ2) is 9.83. The molecule has 0 bridgehead atoms. The fourth-order valence-electron chi connectivity index (χ4n) is 3.02. The molecule has 10 nitrogen and oxygen atoms in total. The Morgan fingerprint density at radius 2 is 1.73 bits per heavy atom. The third-order valence-corrected chi connectivity index (χ3v) is 7.49. The van der Waals surface area contributed by atoms with Crippen LogP contribution < -0.4 is 10.0 Å². The fourth-order valence-corrected chi connectivity index (χ4v) is 5.13. The molecule has 1 aromatic heterocycles. The van der Waals surface area contributed by atoms with Gasteiger partial charge in [-0.25, -0.2) is 0 Å². The molecule has 0 saturated carbocycles. The summed E-state index contributed by atoms with van der Waals surface area (Å²) in [5.41, 5.74) is 0.660. The second-order valence-corrected chi connectivity index (χ2v) is 10.2. The largest absolute Gasteiger partial charge is 0.378 e. The number of anilines is 2. The maximum Gasteiger partial charge on any atom is 0.291 e. The van der Waals surface area contributed by atoms with Gasteiger partial charge >= 0.3 is 0 Å². The van der Waals surface area contributed by atoms with Crippen LogP contribution in [0.5, 0.6) is 0 Å². The maximum atomic E-state index is 12.9. The van der Waals surface area contributed by atoms with Crippen LogP contribution in [0.1, 0.15) is 20.7 Å². The lowest BCUT2D eigenvalue weighted by Gasteiger charge is -2.27. The summed E-state index contributed by atoms with van der Waals surface area (Å²) in [6, 6.07) is 12.5. The van der Waals surface area contributed by atoms with E-state index in [0.717, 1.165) is 0 Å². The van der Waals surface area contributed by atoms with E-state index in [1.807, 2.05) is 0 Å². The highest BCUT2D eigenvalue weighted by Crippen LogP contribution is 2.25. The van der Waals surface area contributed by atoms with Gasteiger partial charge in [0.1, 0.15) is 0 Å². The number of sulfonamides is 1. The number of morpholine rings is 1. The first-order valence-corrected chi connectivity index (χ1v) is 12.4. The summed E-state index contributed by atoms with van der Waals surface area (Å²) in [6.07, 6.45) is 0. The maximum absolute atomic E-state index is 12.9. The van der Waals surface area contributed by atoms with E-state index in [1.54, 1.807) is 35.2 Å². The molecule has 1 aliphatic heterocycles. The molecule has 3 aromatic rings. The molecule has 2 heterocycles. The minimum absolute atomic E-state index is 0.00741. The number of nitrogens with one attached hydrogen (secondary N) is 2. The number of carbonyl (C=O) groups is 2. The molecule has 0 aliphatic carbocycles. The summed E-state index contributed by atoms with van der Waals surface area (Å²) in [5, 5.41) is 10.4. The molecule has 4 rings (SSSR count). The van der Waals surface area contributed by atoms with E-state index in [0.29, 0.717) is 48.2 Å². The van der Waals surface area contributed by atoms with Gasteiger partial charge in [-0.3, -0.25) is 19.6 Å². The molecular formula is C20H18ClN5O5S2. The van der Waals surface area contributed by atoms with Gasteiger partial charge in [-0.05, 0) is 36.4 Å². The van der Waals surface area contributed by atoms with Gasteiger partial charge in [0.15, 0.2) is 0 Å². The zero-order valence-corrected chi connectivity index (χ0v) is 19.4. The Balaban J connectivity index is 1.50. The third-order valence-electron chi connectivity index (χ3n) is 4.66. The van der Waals surface area contributed by atoms with Crippen molar-refractivity contribution in [1.29, 1.82) is 0 Å². The van der Waals surface area contributed by atoms with E-state index in [9.17, 15) is 18.0 Å². The number of carbonyl (C=O) groups excluding carboxylic acids is 2. The van der Waals surface area contributed by atoms with E-state index in [2.05, 4.69) is 20.2 Å². The van der Waals surface area contributed by atoms with Crippen LogP contribution >= 0.6 is 22.9 Å². The quantitative estimate of drug-likeness (QED) is 0.490. The standard InChI is InChI=1S/C20H18ClN5O5S2/c21-14-7-5-13(6-8-14)17(27)22-19-23-24-20(32-19)33(29,30)25-16-4-2-1-3-15(16)18(28)26-9-11-31-12-10-26/h1-8,25H,9-12H2,(H,22,23,27). The summed E-state index contributed by atoms with van der Waals surface area (Å²) in [4.78, 5) is 26.8. The lowest BCUT2D eigenvalue weighted by molar-refractivity contribution is 0.0303. The highest BCUT2D eigenvalue weighted by Gasteiger charge is 2.26. The minimum atomic E-state index is -4.15. The Labute approximate surface area is 198 Å². The van der Waals surface area contributed by atoms with Gasteiger partial charge in [0, 0.05) is 23.7 Å². The summed E-state index contributed by atoms with van der Waals surface area (Å²) < 4.78 is 33.1. The first kappa shape index (κ1) is 23.1. The number of rotatable bonds is 6. The summed E-state index contributed by atoms with van der Waals surface area (Å²) in [5.74, 6) is -0.786. The zero-order valence-electron chi connectivity index (χ0n) is 17.0. The molecule has 0 spiro atoms. The van der Waals surface area contributed by atoms with E-state index in [4.69, 9.17) is 16.3 Å². The number of hydrogen-bond acceptors (Lipinski definition) is 8. The molecule has 1 aliphatic rings. The molecule has 33 heavy (non-hydrogen) atoms. The Bertz CT molecular complexity index is 1270. The zero-order chi connectivity index (χ0) is 23.4. The number of amides is 2. The number of halogens is 1. The summed E-state index contributed by atoms with van der Waals surface area (Å²) >= 11 is 6.50. The molecule has 13 heteroatoms. The molecule has 172 valence electrons. The Morgan fingerprint density at radius 1 is 1.03 bits per heavy atom. The highest BCUT2D eigenvalue weighted by molar-refractivity contribution is 7.94. The van der Waals surface area contributed by atoms with Gasteiger partial charge in [0.05, 0.1) is 24.5 Å². The van der Waals surface area contributed by atoms with Crippen LogP contribution in [-0.4, -0.2) is 61.6 Å². The molecule has 1 fully saturated rings. The number of nitrogens with zero attached hydrogens (tertiary/aromatic N) is 3. The van der Waals surface area contributed by atoms with Crippen molar-refractivity contribution >= 4 is 55.6 Å². The van der Waals surface area contributed by atoms with Gasteiger partial charge in [-0.1, -0.05) is 35.1 Å². The van der Waals surface area contributed by atoms with Gasteiger partial charge < -0.3 is 9.64 Å². The van der Waals surface area contributed by atoms with Crippen LogP contribution in [0.2, 0.25) is 5.02 Å². The van der Waals surface area contributed by atoms with Gasteiger partial charge in [-0.15, -0.1) is 10.2 Å². The van der Waals surface area contributed by atoms with Crippen molar-refractivity contribution in [3.63, 3.8) is 0 Å². The van der Waals surface area contributed by atoms with Crippen LogP contribution in [-0.2, 0) is 14.8 Å². The van der Waals surface area contributed by atoms with Crippen molar-refractivity contribution in [1.82, 2.24) is 15.1 Å². The smallest absolute Gasteiger partial charge is 0.291 e. The van der Waals surface area contributed by atoms with Crippen molar-refractivity contribution in [2.24, 2.45) is 0 Å². The number of benzene rings is 2. The van der Waals surface area contributed by atoms with E-state index in [-0.39, 0.29) is 26.6 Å². The summed E-state index contributed by atoms with van der Waals surface area (Å²) in [6.45, 7) is 1.70. The number of para-hydroxylation sites is 1. The Kier molecular flexibility index (Phi) is 6.88. The molecule has 2 aromatic carbocycles. The van der Waals surface area contributed by atoms with E-state index < -0.39 is 15.9 Å². The van der Waals surface area contributed by atoms with Crippen LogP contribution in [0.25, 0.3) is 0 Å². The number of aromatic nitrogens is 2. The van der Waals surface area contributed by atoms with E-state index >= 15 is 0 Å². The number of ether oxygens (including phenoxy) is 1. The van der Waals surface area contributed by atoms with Crippen LogP contribution in [0.3, 0.4) is 0 Å². The van der Waals surface area contributed by atoms with Crippen molar-refractivity contribution < 1.29 is 22.7 Å². The Hall–Kier alpha value is -3.06. The lowest BCUT2D eigenvalue weighted by atomic mass is 10.1. The average molecular weight is 508 g/mol. The topological polar surface area (TPSA) is 131 Å². The van der Waals surface area contributed by atoms with Gasteiger partial charge in [0.25, 0.3) is 26.2 Å². The molecule has 0 atom stereocenters. The summed E-state index contributed by atoms with van der Waals surface area (Å²) in [7, 11) is -4.15. The van der Waals surface area contributed by atoms with Crippen molar-refractivity contribution in [3.8, 4) is 0 Å². The van der Waals surface area contributed by atoms with E-state index in [1.165, 1.54) is 18.2 Å². The molecule has 0 radical (unpaired) electrons. The monoisotopic (exact) mass is 507 g/mol. The molecule has 0 unspecified atom stereocenters. The fraction of sp³-hybridized carbons (Fsp3) is 0.200. The molecule has 1 saturated heterocycles. The van der Waals surface area contributed by atoms with Crippen LogP contribution in [0.4, 0.5) is 10.8 Å². The van der Waals surface area contributed by atoms with Crippen molar-refractivity contribution in [3.05, 3.63) is 64.7 Å².